The molecule has 1 N–H and O–H groups in total. The Morgan fingerprint density at radius 3 is 2.23 bits per heavy atom. The van der Waals surface area contributed by atoms with Crippen molar-refractivity contribution in [2.45, 2.75) is 75.0 Å². The summed E-state index contributed by atoms with van der Waals surface area (Å²) >= 11 is 0. The van der Waals surface area contributed by atoms with Crippen molar-refractivity contribution >= 4 is 11.9 Å². The lowest BCUT2D eigenvalue weighted by atomic mass is 9.68. The molecular weight excluding hydrogens is 440 g/mol. The van der Waals surface area contributed by atoms with Gasteiger partial charge in [0.05, 0.1) is 11.1 Å². The SMILES string of the molecule is CN(C)[C@]1(c2ccccc2)CC[C@]2(CC1)CN(CC(=O)N1CCC(C)(O)CC1)C(=O)N2CC1CC1. The average molecular weight is 483 g/mol. The van der Waals surface area contributed by atoms with E-state index in [1.807, 2.05) is 16.7 Å². The normalized spacial score (nSPS) is 31.0. The third kappa shape index (κ3) is 4.69. The zero-order chi connectivity index (χ0) is 24.8. The van der Waals surface area contributed by atoms with E-state index in [2.05, 4.69) is 54.2 Å². The number of piperidine rings is 1. The van der Waals surface area contributed by atoms with Gasteiger partial charge in [0.2, 0.25) is 5.91 Å². The molecule has 7 heteroatoms. The molecule has 4 aliphatic rings. The average Bonchev–Trinajstić information content (AvgIpc) is 3.63. The highest BCUT2D eigenvalue weighted by molar-refractivity contribution is 5.86. The van der Waals surface area contributed by atoms with Gasteiger partial charge < -0.3 is 19.8 Å². The molecule has 2 aliphatic heterocycles. The standard InChI is InChI=1S/C28H42N4O3/c1-26(35)15-17-30(18-16-26)24(33)20-31-21-27(32(25(31)34)19-22-9-10-22)11-13-28(14-12-27,29(2)3)23-7-5-4-6-8-23/h4-8,22,35H,9-21H2,1-3H3/t27-,28+. The third-order valence-electron chi connectivity index (χ3n) is 9.39. The van der Waals surface area contributed by atoms with Gasteiger partial charge in [-0.05, 0) is 83.9 Å². The summed E-state index contributed by atoms with van der Waals surface area (Å²) < 4.78 is 0. The van der Waals surface area contributed by atoms with Gasteiger partial charge in [0.15, 0.2) is 0 Å². The van der Waals surface area contributed by atoms with Gasteiger partial charge in [0.1, 0.15) is 6.54 Å². The van der Waals surface area contributed by atoms with Crippen LogP contribution in [-0.2, 0) is 10.3 Å². The maximum absolute atomic E-state index is 13.7. The Bertz CT molecular complexity index is 925. The minimum Gasteiger partial charge on any atom is -0.390 e. The van der Waals surface area contributed by atoms with Gasteiger partial charge in [0, 0.05) is 31.7 Å². The number of rotatable bonds is 6. The smallest absolute Gasteiger partial charge is 0.321 e. The van der Waals surface area contributed by atoms with Crippen LogP contribution in [0.15, 0.2) is 30.3 Å². The van der Waals surface area contributed by atoms with Crippen LogP contribution in [0.25, 0.3) is 0 Å². The second kappa shape index (κ2) is 9.07. The minimum absolute atomic E-state index is 0.0139. The van der Waals surface area contributed by atoms with Gasteiger partial charge in [0.25, 0.3) is 0 Å². The number of amides is 3. The Morgan fingerprint density at radius 2 is 1.66 bits per heavy atom. The number of benzene rings is 1. The lowest BCUT2D eigenvalue weighted by Crippen LogP contribution is -2.55. The first-order chi connectivity index (χ1) is 16.6. The van der Waals surface area contributed by atoms with Crippen molar-refractivity contribution in [2.24, 2.45) is 5.92 Å². The highest BCUT2D eigenvalue weighted by atomic mass is 16.3. The Morgan fingerprint density at radius 1 is 1.03 bits per heavy atom. The van der Waals surface area contributed by atoms with Crippen LogP contribution in [0.5, 0.6) is 0 Å². The van der Waals surface area contributed by atoms with E-state index in [1.54, 1.807) is 0 Å². The Balaban J connectivity index is 1.32. The molecule has 2 saturated carbocycles. The zero-order valence-corrected chi connectivity index (χ0v) is 21.7. The Labute approximate surface area is 210 Å². The van der Waals surface area contributed by atoms with Crippen LogP contribution in [0.2, 0.25) is 0 Å². The van der Waals surface area contributed by atoms with Gasteiger partial charge in [-0.25, -0.2) is 4.79 Å². The van der Waals surface area contributed by atoms with E-state index in [0.29, 0.717) is 38.4 Å². The molecule has 3 amide bonds. The molecule has 1 aromatic rings. The molecule has 7 nitrogen and oxygen atoms in total. The Hall–Kier alpha value is -2.12. The van der Waals surface area contributed by atoms with Crippen LogP contribution in [0.3, 0.4) is 0 Å². The number of hydrogen-bond donors (Lipinski definition) is 1. The van der Waals surface area contributed by atoms with Crippen molar-refractivity contribution in [3.8, 4) is 0 Å². The number of nitrogens with zero attached hydrogens (tertiary/aromatic N) is 4. The van der Waals surface area contributed by atoms with Crippen molar-refractivity contribution in [3.63, 3.8) is 0 Å². The van der Waals surface area contributed by atoms with Gasteiger partial charge in [-0.3, -0.25) is 9.69 Å². The molecule has 5 rings (SSSR count). The Kier molecular flexibility index (Phi) is 6.37. The van der Waals surface area contributed by atoms with E-state index < -0.39 is 5.60 Å². The van der Waals surface area contributed by atoms with E-state index in [-0.39, 0.29) is 29.6 Å². The number of urea groups is 1. The van der Waals surface area contributed by atoms with E-state index in [4.69, 9.17) is 0 Å². The third-order valence-corrected chi connectivity index (χ3v) is 9.39. The molecule has 0 aromatic heterocycles. The van der Waals surface area contributed by atoms with Crippen molar-refractivity contribution in [3.05, 3.63) is 35.9 Å². The molecule has 2 aliphatic carbocycles. The fraction of sp³-hybridized carbons (Fsp3) is 0.714. The molecule has 0 atom stereocenters. The zero-order valence-electron chi connectivity index (χ0n) is 21.7. The number of aliphatic hydroxyl groups is 1. The maximum atomic E-state index is 13.7. The molecule has 1 spiro atoms. The molecule has 4 fully saturated rings. The first-order valence-corrected chi connectivity index (χ1v) is 13.4. The van der Waals surface area contributed by atoms with Crippen molar-refractivity contribution in [1.82, 2.24) is 19.6 Å². The number of hydrogen-bond acceptors (Lipinski definition) is 4. The quantitative estimate of drug-likeness (QED) is 0.676. The molecule has 1 aromatic carbocycles. The predicted octanol–water partition coefficient (Wildman–Crippen LogP) is 3.28. The van der Waals surface area contributed by atoms with Gasteiger partial charge in [-0.2, -0.15) is 0 Å². The van der Waals surface area contributed by atoms with Crippen LogP contribution >= 0.6 is 0 Å². The molecule has 192 valence electrons. The van der Waals surface area contributed by atoms with E-state index in [9.17, 15) is 14.7 Å². The highest BCUT2D eigenvalue weighted by Crippen LogP contribution is 2.49. The molecule has 0 bridgehead atoms. The first kappa shape index (κ1) is 24.6. The summed E-state index contributed by atoms with van der Waals surface area (Å²) in [7, 11) is 4.35. The number of carbonyl (C=O) groups is 2. The molecule has 0 radical (unpaired) electrons. The minimum atomic E-state index is -0.689. The summed E-state index contributed by atoms with van der Waals surface area (Å²) in [6.07, 6.45) is 7.51. The molecular formula is C28H42N4O3. The van der Waals surface area contributed by atoms with Crippen molar-refractivity contribution in [2.75, 3.05) is 46.8 Å². The van der Waals surface area contributed by atoms with Crippen LogP contribution in [0, 0.1) is 5.92 Å². The molecule has 2 saturated heterocycles. The monoisotopic (exact) mass is 482 g/mol. The lowest BCUT2D eigenvalue weighted by molar-refractivity contribution is -0.135. The van der Waals surface area contributed by atoms with Crippen molar-refractivity contribution in [1.29, 1.82) is 0 Å². The second-order valence-electron chi connectivity index (χ2n) is 12.1. The highest BCUT2D eigenvalue weighted by Gasteiger charge is 2.55. The van der Waals surface area contributed by atoms with Crippen molar-refractivity contribution < 1.29 is 14.7 Å². The predicted molar refractivity (Wildman–Crippen MR) is 136 cm³/mol. The lowest BCUT2D eigenvalue weighted by Gasteiger charge is -2.51. The van der Waals surface area contributed by atoms with E-state index in [1.165, 1.54) is 18.4 Å². The summed E-state index contributed by atoms with van der Waals surface area (Å²) in [5.74, 6) is 0.630. The van der Waals surface area contributed by atoms with Crippen LogP contribution in [0.4, 0.5) is 4.79 Å². The first-order valence-electron chi connectivity index (χ1n) is 13.4. The maximum Gasteiger partial charge on any atom is 0.321 e. The van der Waals surface area contributed by atoms with Gasteiger partial charge >= 0.3 is 6.03 Å². The fourth-order valence-corrected chi connectivity index (χ4v) is 6.64. The number of carbonyl (C=O) groups excluding carboxylic acids is 2. The summed E-state index contributed by atoms with van der Waals surface area (Å²) in [5, 5.41) is 10.2. The van der Waals surface area contributed by atoms with Crippen LogP contribution in [0.1, 0.15) is 63.9 Å². The second-order valence-corrected chi connectivity index (χ2v) is 12.1. The van der Waals surface area contributed by atoms with Gasteiger partial charge in [-0.1, -0.05) is 30.3 Å². The largest absolute Gasteiger partial charge is 0.390 e. The van der Waals surface area contributed by atoms with Crippen LogP contribution in [-0.4, -0.2) is 94.6 Å². The molecule has 0 unspecified atom stereocenters. The fourth-order valence-electron chi connectivity index (χ4n) is 6.64. The van der Waals surface area contributed by atoms with Crippen LogP contribution < -0.4 is 0 Å². The summed E-state index contributed by atoms with van der Waals surface area (Å²) in [6.45, 7) is 4.59. The van der Waals surface area contributed by atoms with E-state index >= 15 is 0 Å². The van der Waals surface area contributed by atoms with E-state index in [0.717, 1.165) is 32.2 Å². The summed E-state index contributed by atoms with van der Waals surface area (Å²) in [5.41, 5.74) is 0.464. The summed E-state index contributed by atoms with van der Waals surface area (Å²) in [4.78, 5) is 35.0. The van der Waals surface area contributed by atoms with Gasteiger partial charge in [-0.15, -0.1) is 0 Å². The molecule has 2 heterocycles. The molecule has 35 heavy (non-hydrogen) atoms. The summed E-state index contributed by atoms with van der Waals surface area (Å²) in [6, 6.07) is 10.8. The number of likely N-dealkylation sites (tertiary alicyclic amines) is 1. The topological polar surface area (TPSA) is 67.3 Å².